The first kappa shape index (κ1) is 20.1. The average molecular weight is 387 g/mol. The molecule has 3 rings (SSSR count). The van der Waals surface area contributed by atoms with E-state index in [0.717, 1.165) is 5.56 Å². The number of ketones is 1. The molecule has 5 N–H and O–H groups in total. The van der Waals surface area contributed by atoms with Gasteiger partial charge in [0.1, 0.15) is 0 Å². The van der Waals surface area contributed by atoms with Gasteiger partial charge in [0.05, 0.1) is 11.4 Å². The van der Waals surface area contributed by atoms with Crippen molar-refractivity contribution in [2.45, 2.75) is 26.2 Å². The van der Waals surface area contributed by atoms with Crippen LogP contribution in [0.3, 0.4) is 0 Å². The van der Waals surface area contributed by atoms with Crippen molar-refractivity contribution in [3.8, 4) is 0 Å². The molecule has 3 aromatic rings. The summed E-state index contributed by atoms with van der Waals surface area (Å²) in [5.41, 5.74) is 15.3. The Morgan fingerprint density at radius 3 is 2.10 bits per heavy atom. The van der Waals surface area contributed by atoms with Crippen molar-refractivity contribution in [2.24, 2.45) is 0 Å². The largest absolute Gasteiger partial charge is 0.399 e. The number of para-hydroxylation sites is 1. The normalized spacial score (nSPS) is 11.1. The highest BCUT2D eigenvalue weighted by Crippen LogP contribution is 2.28. The molecular weight excluding hydrogens is 362 g/mol. The third-order valence-corrected chi connectivity index (χ3v) is 4.74. The second-order valence-electron chi connectivity index (χ2n) is 8.01. The standard InChI is InChI=1S/C24H25N3O2/c1-24(2,3)17-12-10-15(11-13-17)23(29)27-21-19(8-5-9-20(21)26)22(28)16-6-4-7-18(25)14-16/h4-14H,25-26H2,1-3H3,(H,27,29). The molecule has 0 fully saturated rings. The predicted molar refractivity (Wildman–Crippen MR) is 118 cm³/mol. The van der Waals surface area contributed by atoms with Gasteiger partial charge in [0, 0.05) is 22.4 Å². The van der Waals surface area contributed by atoms with E-state index < -0.39 is 0 Å². The third-order valence-electron chi connectivity index (χ3n) is 4.74. The molecular formula is C24H25N3O2. The number of rotatable bonds is 4. The molecule has 5 heteroatoms. The van der Waals surface area contributed by atoms with Gasteiger partial charge in [0.2, 0.25) is 0 Å². The number of nitrogens with one attached hydrogen (secondary N) is 1. The fraction of sp³-hybridized carbons (Fsp3) is 0.167. The molecule has 0 radical (unpaired) electrons. The molecule has 0 saturated heterocycles. The summed E-state index contributed by atoms with van der Waals surface area (Å²) in [6.07, 6.45) is 0. The molecule has 29 heavy (non-hydrogen) atoms. The van der Waals surface area contributed by atoms with Gasteiger partial charge in [-0.15, -0.1) is 0 Å². The molecule has 148 valence electrons. The lowest BCUT2D eigenvalue weighted by atomic mass is 9.86. The van der Waals surface area contributed by atoms with E-state index in [4.69, 9.17) is 11.5 Å². The van der Waals surface area contributed by atoms with Gasteiger partial charge in [-0.25, -0.2) is 0 Å². The van der Waals surface area contributed by atoms with E-state index in [9.17, 15) is 9.59 Å². The monoisotopic (exact) mass is 387 g/mol. The van der Waals surface area contributed by atoms with Crippen LogP contribution in [-0.4, -0.2) is 11.7 Å². The highest BCUT2D eigenvalue weighted by atomic mass is 16.1. The minimum absolute atomic E-state index is 0.00399. The van der Waals surface area contributed by atoms with Crippen LogP contribution in [-0.2, 0) is 5.41 Å². The maximum Gasteiger partial charge on any atom is 0.255 e. The number of nitrogens with two attached hydrogens (primary N) is 2. The maximum atomic E-state index is 13.0. The topological polar surface area (TPSA) is 98.2 Å². The van der Waals surface area contributed by atoms with Gasteiger partial charge in [-0.05, 0) is 47.4 Å². The Hall–Kier alpha value is -3.60. The fourth-order valence-electron chi connectivity index (χ4n) is 3.04. The van der Waals surface area contributed by atoms with E-state index in [1.54, 1.807) is 54.6 Å². The average Bonchev–Trinajstić information content (AvgIpc) is 2.68. The maximum absolute atomic E-state index is 13.0. The molecule has 0 aromatic heterocycles. The Balaban J connectivity index is 1.91. The van der Waals surface area contributed by atoms with Crippen LogP contribution < -0.4 is 16.8 Å². The van der Waals surface area contributed by atoms with Crippen molar-refractivity contribution in [3.05, 3.63) is 89.0 Å². The van der Waals surface area contributed by atoms with Gasteiger partial charge >= 0.3 is 0 Å². The second-order valence-corrected chi connectivity index (χ2v) is 8.01. The van der Waals surface area contributed by atoms with Crippen molar-refractivity contribution in [3.63, 3.8) is 0 Å². The molecule has 3 aromatic carbocycles. The third kappa shape index (κ3) is 4.46. The molecule has 0 aliphatic rings. The summed E-state index contributed by atoms with van der Waals surface area (Å²) in [6.45, 7) is 6.34. The first-order chi connectivity index (χ1) is 13.7. The minimum Gasteiger partial charge on any atom is -0.399 e. The van der Waals surface area contributed by atoms with Crippen LogP contribution in [0.5, 0.6) is 0 Å². The molecule has 0 heterocycles. The van der Waals surface area contributed by atoms with Crippen molar-refractivity contribution >= 4 is 28.8 Å². The van der Waals surface area contributed by atoms with Crippen LogP contribution in [0, 0.1) is 0 Å². The Morgan fingerprint density at radius 1 is 0.828 bits per heavy atom. The van der Waals surface area contributed by atoms with Crippen LogP contribution in [0.4, 0.5) is 17.1 Å². The van der Waals surface area contributed by atoms with E-state index in [1.165, 1.54) is 0 Å². The van der Waals surface area contributed by atoms with E-state index >= 15 is 0 Å². The molecule has 0 saturated carbocycles. The number of nitrogen functional groups attached to an aromatic ring is 2. The van der Waals surface area contributed by atoms with Crippen LogP contribution in [0.2, 0.25) is 0 Å². The highest BCUT2D eigenvalue weighted by molar-refractivity contribution is 6.17. The van der Waals surface area contributed by atoms with Crippen molar-refractivity contribution in [1.82, 2.24) is 0 Å². The fourth-order valence-corrected chi connectivity index (χ4v) is 3.04. The van der Waals surface area contributed by atoms with Gasteiger partial charge in [-0.1, -0.05) is 51.1 Å². The number of benzene rings is 3. The van der Waals surface area contributed by atoms with Gasteiger partial charge in [-0.3, -0.25) is 9.59 Å². The lowest BCUT2D eigenvalue weighted by Crippen LogP contribution is -2.17. The summed E-state index contributed by atoms with van der Waals surface area (Å²) in [6, 6.07) is 19.1. The van der Waals surface area contributed by atoms with Gasteiger partial charge in [0.15, 0.2) is 5.78 Å². The van der Waals surface area contributed by atoms with Crippen LogP contribution in [0.1, 0.15) is 52.6 Å². The van der Waals surface area contributed by atoms with Crippen LogP contribution in [0.25, 0.3) is 0 Å². The van der Waals surface area contributed by atoms with Crippen molar-refractivity contribution in [1.29, 1.82) is 0 Å². The first-order valence-electron chi connectivity index (χ1n) is 9.37. The first-order valence-corrected chi connectivity index (χ1v) is 9.37. The summed E-state index contributed by atoms with van der Waals surface area (Å²) < 4.78 is 0. The molecule has 0 aliphatic carbocycles. The summed E-state index contributed by atoms with van der Waals surface area (Å²) in [5, 5.41) is 2.80. The van der Waals surface area contributed by atoms with Crippen LogP contribution in [0.15, 0.2) is 66.7 Å². The number of hydrogen-bond donors (Lipinski definition) is 3. The van der Waals surface area contributed by atoms with E-state index in [2.05, 4.69) is 26.1 Å². The number of amides is 1. The summed E-state index contributed by atoms with van der Waals surface area (Å²) in [7, 11) is 0. The van der Waals surface area contributed by atoms with E-state index in [-0.39, 0.29) is 17.1 Å². The Bertz CT molecular complexity index is 1060. The zero-order valence-corrected chi connectivity index (χ0v) is 16.8. The summed E-state index contributed by atoms with van der Waals surface area (Å²) in [5.74, 6) is -0.590. The number of anilines is 3. The van der Waals surface area contributed by atoms with Crippen LogP contribution >= 0.6 is 0 Å². The summed E-state index contributed by atoms with van der Waals surface area (Å²) >= 11 is 0. The smallest absolute Gasteiger partial charge is 0.255 e. The number of hydrogen-bond acceptors (Lipinski definition) is 4. The second kappa shape index (κ2) is 7.80. The zero-order chi connectivity index (χ0) is 21.2. The molecule has 0 bridgehead atoms. The molecule has 1 amide bonds. The van der Waals surface area contributed by atoms with E-state index in [0.29, 0.717) is 33.8 Å². The highest BCUT2D eigenvalue weighted by Gasteiger charge is 2.19. The van der Waals surface area contributed by atoms with E-state index in [1.807, 2.05) is 12.1 Å². The van der Waals surface area contributed by atoms with Gasteiger partial charge in [0.25, 0.3) is 5.91 Å². The molecule has 0 aliphatic heterocycles. The van der Waals surface area contributed by atoms with Crippen molar-refractivity contribution < 1.29 is 9.59 Å². The molecule has 0 atom stereocenters. The van der Waals surface area contributed by atoms with Crippen molar-refractivity contribution in [2.75, 3.05) is 16.8 Å². The summed E-state index contributed by atoms with van der Waals surface area (Å²) in [4.78, 5) is 25.8. The molecule has 0 spiro atoms. The lowest BCUT2D eigenvalue weighted by molar-refractivity contribution is 0.102. The number of carbonyl (C=O) groups excluding carboxylic acids is 2. The Kier molecular flexibility index (Phi) is 5.41. The predicted octanol–water partition coefficient (Wildman–Crippen LogP) is 4.63. The SMILES string of the molecule is CC(C)(C)c1ccc(C(=O)Nc2c(N)cccc2C(=O)c2cccc(N)c2)cc1. The Labute approximate surface area is 170 Å². The quantitative estimate of drug-likeness (QED) is 0.449. The Morgan fingerprint density at radius 2 is 1.48 bits per heavy atom. The minimum atomic E-state index is -0.329. The van der Waals surface area contributed by atoms with Gasteiger partial charge < -0.3 is 16.8 Å². The van der Waals surface area contributed by atoms with Gasteiger partial charge in [-0.2, -0.15) is 0 Å². The molecule has 0 unspecified atom stereocenters. The lowest BCUT2D eigenvalue weighted by Gasteiger charge is -2.19. The molecule has 5 nitrogen and oxygen atoms in total. The zero-order valence-electron chi connectivity index (χ0n) is 16.8. The number of carbonyl (C=O) groups is 2.